The van der Waals surface area contributed by atoms with Crippen LogP contribution in [0, 0.1) is 0 Å². The van der Waals surface area contributed by atoms with Gasteiger partial charge in [0, 0.05) is 22.9 Å². The Labute approximate surface area is 295 Å². The number of para-hydroxylation sites is 1. The average molecular weight is 664 g/mol. The van der Waals surface area contributed by atoms with Crippen molar-refractivity contribution in [3.05, 3.63) is 124 Å². The Hall–Kier alpha value is -4.09. The van der Waals surface area contributed by atoms with Crippen LogP contribution < -0.4 is 9.47 Å². The highest BCUT2D eigenvalue weighted by Crippen LogP contribution is 2.47. The van der Waals surface area contributed by atoms with Gasteiger partial charge in [-0.1, -0.05) is 123 Å². The molecule has 0 aromatic heterocycles. The van der Waals surface area contributed by atoms with E-state index in [4.69, 9.17) is 14.5 Å². The Bertz CT molecular complexity index is 1590. The minimum atomic E-state index is -1.71. The molecule has 5 heteroatoms. The molecule has 0 aliphatic carbocycles. The number of nitrogens with zero attached hydrogens (tertiary/aromatic N) is 1. The van der Waals surface area contributed by atoms with Crippen molar-refractivity contribution < 1.29 is 19.7 Å². The van der Waals surface area contributed by atoms with E-state index in [2.05, 4.69) is 91.8 Å². The van der Waals surface area contributed by atoms with Gasteiger partial charge in [-0.2, -0.15) is 0 Å². The van der Waals surface area contributed by atoms with Crippen LogP contribution in [0.3, 0.4) is 0 Å². The van der Waals surface area contributed by atoms with Gasteiger partial charge >= 0.3 is 0 Å². The van der Waals surface area contributed by atoms with Gasteiger partial charge in [-0.05, 0) is 83.2 Å². The van der Waals surface area contributed by atoms with E-state index in [0.717, 1.165) is 42.4 Å². The fourth-order valence-electron chi connectivity index (χ4n) is 5.91. The molecule has 0 spiro atoms. The van der Waals surface area contributed by atoms with Crippen molar-refractivity contribution in [1.29, 1.82) is 0 Å². The van der Waals surface area contributed by atoms with Gasteiger partial charge in [-0.3, -0.25) is 4.99 Å². The quantitative estimate of drug-likeness (QED) is 0.0981. The minimum absolute atomic E-state index is 0.130. The van der Waals surface area contributed by atoms with Crippen LogP contribution in [-0.4, -0.2) is 35.7 Å². The van der Waals surface area contributed by atoms with Crippen LogP contribution in [0.25, 0.3) is 0 Å². The van der Waals surface area contributed by atoms with Crippen LogP contribution in [0.1, 0.15) is 114 Å². The summed E-state index contributed by atoms with van der Waals surface area (Å²) in [7, 11) is 0. The normalized spacial score (nSPS) is 13.1. The fourth-order valence-corrected chi connectivity index (χ4v) is 5.91. The Balaban J connectivity index is 2.12. The van der Waals surface area contributed by atoms with Crippen molar-refractivity contribution >= 4 is 6.21 Å². The molecule has 1 atom stereocenters. The van der Waals surface area contributed by atoms with Crippen LogP contribution in [0.4, 0.5) is 0 Å². The van der Waals surface area contributed by atoms with E-state index in [9.17, 15) is 10.2 Å². The van der Waals surface area contributed by atoms with E-state index in [1.165, 1.54) is 0 Å². The van der Waals surface area contributed by atoms with Gasteiger partial charge < -0.3 is 19.7 Å². The molecule has 262 valence electrons. The molecule has 0 saturated carbocycles. The zero-order valence-electron chi connectivity index (χ0n) is 30.9. The van der Waals surface area contributed by atoms with Gasteiger partial charge in [0.15, 0.2) is 0 Å². The van der Waals surface area contributed by atoms with E-state index in [0.29, 0.717) is 47.8 Å². The molecule has 0 bridgehead atoms. The molecule has 4 aromatic rings. The van der Waals surface area contributed by atoms with Gasteiger partial charge in [0.2, 0.25) is 0 Å². The maximum atomic E-state index is 13.9. The first-order chi connectivity index (χ1) is 23.3. The lowest BCUT2D eigenvalue weighted by atomic mass is 9.73. The zero-order chi connectivity index (χ0) is 35.7. The SMILES string of the molecule is CCCCOc1ccc(C(C)(C)C)cc1C(O)(c1cc(C(C)(C)C)ccc1OCCCC)C(Cc1ccccc1)N=Cc1ccccc1O. The lowest BCUT2D eigenvalue weighted by Gasteiger charge is -2.39. The summed E-state index contributed by atoms with van der Waals surface area (Å²) in [6, 6.07) is 29.0. The molecule has 49 heavy (non-hydrogen) atoms. The van der Waals surface area contributed by atoms with Gasteiger partial charge in [0.25, 0.3) is 0 Å². The highest BCUT2D eigenvalue weighted by atomic mass is 16.5. The molecular weight excluding hydrogens is 606 g/mol. The second kappa shape index (κ2) is 16.5. The fraction of sp³-hybridized carbons (Fsp3) is 0.432. The summed E-state index contributed by atoms with van der Waals surface area (Å²) in [5, 5.41) is 24.7. The van der Waals surface area contributed by atoms with Crippen LogP contribution in [-0.2, 0) is 22.9 Å². The van der Waals surface area contributed by atoms with Crippen molar-refractivity contribution in [2.24, 2.45) is 4.99 Å². The predicted octanol–water partition coefficient (Wildman–Crippen LogP) is 10.3. The molecule has 0 radical (unpaired) electrons. The summed E-state index contributed by atoms with van der Waals surface area (Å²) < 4.78 is 13.1. The first-order valence-corrected chi connectivity index (χ1v) is 17.9. The van der Waals surface area contributed by atoms with Crippen molar-refractivity contribution in [2.45, 2.75) is 110 Å². The maximum absolute atomic E-state index is 13.9. The number of phenolic OH excluding ortho intramolecular Hbond substituents is 1. The highest BCUT2D eigenvalue weighted by molar-refractivity contribution is 5.83. The van der Waals surface area contributed by atoms with Gasteiger partial charge in [-0.15, -0.1) is 0 Å². The Kier molecular flexibility index (Phi) is 12.7. The summed E-state index contributed by atoms with van der Waals surface area (Å²) in [4.78, 5) is 5.19. The molecule has 4 aromatic carbocycles. The van der Waals surface area contributed by atoms with Crippen LogP contribution in [0.15, 0.2) is 96.0 Å². The standard InChI is InChI=1S/C44H57NO4/c1-9-11-26-48-39-24-22-34(42(3,4)5)29-36(39)44(47,37-30-35(43(6,7)8)23-25-40(37)49-27-12-10-2)41(28-32-18-14-13-15-19-32)45-31-33-20-16-17-21-38(33)46/h13-25,29-31,41,46-47H,9-12,26-28H2,1-8H3. The number of hydrogen-bond donors (Lipinski definition) is 2. The Morgan fingerprint density at radius 1 is 0.673 bits per heavy atom. The van der Waals surface area contributed by atoms with Crippen LogP contribution in [0.2, 0.25) is 0 Å². The first-order valence-electron chi connectivity index (χ1n) is 17.9. The molecule has 1 unspecified atom stereocenters. The lowest BCUT2D eigenvalue weighted by Crippen LogP contribution is -2.42. The Morgan fingerprint density at radius 3 is 1.63 bits per heavy atom. The van der Waals surface area contributed by atoms with Crippen molar-refractivity contribution in [2.75, 3.05) is 13.2 Å². The van der Waals surface area contributed by atoms with Crippen LogP contribution >= 0.6 is 0 Å². The van der Waals surface area contributed by atoms with E-state index in [1.54, 1.807) is 18.3 Å². The van der Waals surface area contributed by atoms with Gasteiger partial charge in [-0.25, -0.2) is 0 Å². The molecule has 0 aliphatic heterocycles. The summed E-state index contributed by atoms with van der Waals surface area (Å²) in [5.74, 6) is 1.38. The molecule has 0 amide bonds. The molecular formula is C44H57NO4. The Morgan fingerprint density at radius 2 is 1.16 bits per heavy atom. The second-order valence-corrected chi connectivity index (χ2v) is 15.1. The number of benzene rings is 4. The minimum Gasteiger partial charge on any atom is -0.507 e. The largest absolute Gasteiger partial charge is 0.507 e. The molecule has 0 saturated heterocycles. The summed E-state index contributed by atoms with van der Waals surface area (Å²) >= 11 is 0. The molecule has 2 N–H and O–H groups in total. The van der Waals surface area contributed by atoms with E-state index < -0.39 is 11.6 Å². The smallest absolute Gasteiger partial charge is 0.144 e. The van der Waals surface area contributed by atoms with Crippen molar-refractivity contribution in [3.8, 4) is 17.2 Å². The van der Waals surface area contributed by atoms with Crippen LogP contribution in [0.5, 0.6) is 17.2 Å². The number of unbranched alkanes of at least 4 members (excludes halogenated alkanes) is 2. The predicted molar refractivity (Wildman–Crippen MR) is 204 cm³/mol. The first kappa shape index (κ1) is 37.7. The van der Waals surface area contributed by atoms with Gasteiger partial charge in [0.1, 0.15) is 22.8 Å². The summed E-state index contributed by atoms with van der Waals surface area (Å²) in [5.41, 5.74) is 2.96. The number of hydrogen-bond acceptors (Lipinski definition) is 5. The maximum Gasteiger partial charge on any atom is 0.144 e. The number of phenols is 1. The summed E-state index contributed by atoms with van der Waals surface area (Å²) in [6.45, 7) is 18.4. The number of aliphatic hydroxyl groups is 1. The topological polar surface area (TPSA) is 71.3 Å². The van der Waals surface area contributed by atoms with Gasteiger partial charge in [0.05, 0.1) is 19.3 Å². The average Bonchev–Trinajstić information content (AvgIpc) is 3.07. The van der Waals surface area contributed by atoms with E-state index in [-0.39, 0.29) is 16.6 Å². The van der Waals surface area contributed by atoms with E-state index >= 15 is 0 Å². The third-order valence-electron chi connectivity index (χ3n) is 9.11. The molecule has 0 fully saturated rings. The molecule has 0 aliphatic rings. The number of aromatic hydroxyl groups is 1. The third kappa shape index (κ3) is 9.54. The molecule has 0 heterocycles. The number of rotatable bonds is 15. The van der Waals surface area contributed by atoms with Crippen molar-refractivity contribution in [3.63, 3.8) is 0 Å². The van der Waals surface area contributed by atoms with E-state index in [1.807, 2.05) is 42.5 Å². The second-order valence-electron chi connectivity index (χ2n) is 15.1. The number of ether oxygens (including phenoxy) is 2. The zero-order valence-corrected chi connectivity index (χ0v) is 30.9. The number of aliphatic imine (C=N–C) groups is 1. The van der Waals surface area contributed by atoms with Crippen molar-refractivity contribution in [1.82, 2.24) is 0 Å². The lowest BCUT2D eigenvalue weighted by molar-refractivity contribution is 0.0460. The summed E-state index contributed by atoms with van der Waals surface area (Å²) in [6.07, 6.45) is 5.87. The molecule has 4 rings (SSSR count). The monoisotopic (exact) mass is 663 g/mol. The third-order valence-corrected chi connectivity index (χ3v) is 9.11. The highest BCUT2D eigenvalue weighted by Gasteiger charge is 2.45. The molecule has 5 nitrogen and oxygen atoms in total.